The fraction of sp³-hybridized carbons (Fsp3) is 0.167. The largest absolute Gasteiger partial charge is 0.507 e. The van der Waals surface area contributed by atoms with Crippen LogP contribution in [0.2, 0.25) is 0 Å². The molecule has 4 heteroatoms. The van der Waals surface area contributed by atoms with Crippen LogP contribution in [0.25, 0.3) is 6.08 Å². The van der Waals surface area contributed by atoms with Gasteiger partial charge in [-0.2, -0.15) is 0 Å². The van der Waals surface area contributed by atoms with Crippen LogP contribution in [0, 0.1) is 30.9 Å². The molecule has 0 aliphatic rings. The van der Waals surface area contributed by atoms with E-state index in [2.05, 4.69) is 37.3 Å². The summed E-state index contributed by atoms with van der Waals surface area (Å²) < 4.78 is 0. The van der Waals surface area contributed by atoms with Gasteiger partial charge in [-0.05, 0) is 60.7 Å². The average molecular weight is 373 g/mol. The molecule has 0 spiro atoms. The number of allylic oxidation sites excluding steroid dienone is 1. The Morgan fingerprint density at radius 3 is 2.00 bits per heavy atom. The van der Waals surface area contributed by atoms with Crippen LogP contribution in [0.4, 0.5) is 5.69 Å². The van der Waals surface area contributed by atoms with Gasteiger partial charge < -0.3 is 5.11 Å². The Morgan fingerprint density at radius 1 is 0.893 bits per heavy atom. The van der Waals surface area contributed by atoms with E-state index in [-0.39, 0.29) is 11.6 Å². The predicted octanol–water partition coefficient (Wildman–Crippen LogP) is 6.07. The highest BCUT2D eigenvalue weighted by molar-refractivity contribution is 5.56. The normalized spacial score (nSPS) is 12.2. The van der Waals surface area contributed by atoms with Gasteiger partial charge in [-0.25, -0.2) is 0 Å². The van der Waals surface area contributed by atoms with Crippen molar-refractivity contribution in [2.24, 2.45) is 0 Å². The molecule has 0 amide bonds. The van der Waals surface area contributed by atoms with Crippen LogP contribution in [-0.2, 0) is 0 Å². The lowest BCUT2D eigenvalue weighted by Gasteiger charge is -2.17. The summed E-state index contributed by atoms with van der Waals surface area (Å²) in [5, 5.41) is 21.0. The van der Waals surface area contributed by atoms with Gasteiger partial charge in [-0.1, -0.05) is 54.1 Å². The molecule has 1 N–H and O–H groups in total. The quantitative estimate of drug-likeness (QED) is 0.436. The molecule has 0 radical (unpaired) electrons. The average Bonchev–Trinajstić information content (AvgIpc) is 2.68. The first-order valence-corrected chi connectivity index (χ1v) is 9.14. The lowest BCUT2D eigenvalue weighted by molar-refractivity contribution is -0.384. The molecule has 3 aromatic rings. The predicted molar refractivity (Wildman–Crippen MR) is 113 cm³/mol. The van der Waals surface area contributed by atoms with Crippen molar-refractivity contribution in [1.29, 1.82) is 0 Å². The molecule has 1 unspecified atom stereocenters. The molecule has 142 valence electrons. The number of benzene rings is 3. The van der Waals surface area contributed by atoms with Gasteiger partial charge in [0.2, 0.25) is 0 Å². The zero-order valence-corrected chi connectivity index (χ0v) is 16.2. The van der Waals surface area contributed by atoms with Crippen molar-refractivity contribution in [1.82, 2.24) is 0 Å². The minimum atomic E-state index is -0.398. The summed E-state index contributed by atoms with van der Waals surface area (Å²) in [6, 6.07) is 18.9. The van der Waals surface area contributed by atoms with Crippen LogP contribution in [0.5, 0.6) is 5.75 Å². The first-order valence-electron chi connectivity index (χ1n) is 9.14. The minimum absolute atomic E-state index is 0.00814. The van der Waals surface area contributed by atoms with Gasteiger partial charge in [-0.15, -0.1) is 0 Å². The van der Waals surface area contributed by atoms with Crippen LogP contribution < -0.4 is 0 Å². The Balaban J connectivity index is 2.01. The molecule has 28 heavy (non-hydrogen) atoms. The Labute approximate surface area is 164 Å². The van der Waals surface area contributed by atoms with Crippen LogP contribution in [0.15, 0.2) is 66.7 Å². The number of nitro benzene ring substituents is 1. The second-order valence-corrected chi connectivity index (χ2v) is 7.10. The zero-order valence-electron chi connectivity index (χ0n) is 16.2. The van der Waals surface area contributed by atoms with Gasteiger partial charge in [0.05, 0.1) is 4.92 Å². The molecule has 0 heterocycles. The molecule has 1 atom stereocenters. The van der Waals surface area contributed by atoms with Crippen molar-refractivity contribution in [2.45, 2.75) is 26.7 Å². The second-order valence-electron chi connectivity index (χ2n) is 7.10. The fourth-order valence-corrected chi connectivity index (χ4v) is 3.27. The van der Waals surface area contributed by atoms with E-state index in [4.69, 9.17) is 0 Å². The Kier molecular flexibility index (Phi) is 5.59. The molecule has 3 aromatic carbocycles. The molecule has 0 fully saturated rings. The molecule has 3 rings (SSSR count). The summed E-state index contributed by atoms with van der Waals surface area (Å²) >= 11 is 0. The molecule has 0 aliphatic carbocycles. The molecule has 0 aromatic heterocycles. The van der Waals surface area contributed by atoms with Crippen molar-refractivity contribution in [3.05, 3.63) is 110 Å². The van der Waals surface area contributed by atoms with Gasteiger partial charge in [0.15, 0.2) is 0 Å². The van der Waals surface area contributed by atoms with E-state index in [1.165, 1.54) is 17.7 Å². The van der Waals surface area contributed by atoms with E-state index in [9.17, 15) is 15.2 Å². The van der Waals surface area contributed by atoms with Crippen molar-refractivity contribution in [2.75, 3.05) is 0 Å². The van der Waals surface area contributed by atoms with E-state index < -0.39 is 4.92 Å². The maximum Gasteiger partial charge on any atom is 0.269 e. The molecular formula is C24H23NO3. The molecular weight excluding hydrogens is 350 g/mol. The highest BCUT2D eigenvalue weighted by atomic mass is 16.6. The number of rotatable bonds is 5. The van der Waals surface area contributed by atoms with Crippen molar-refractivity contribution in [3.63, 3.8) is 0 Å². The van der Waals surface area contributed by atoms with E-state index in [1.807, 2.05) is 32.1 Å². The Hall–Kier alpha value is -3.40. The van der Waals surface area contributed by atoms with Crippen LogP contribution in [0.3, 0.4) is 0 Å². The third kappa shape index (κ3) is 4.29. The minimum Gasteiger partial charge on any atom is -0.507 e. The monoisotopic (exact) mass is 373 g/mol. The first kappa shape index (κ1) is 19.4. The number of non-ortho nitro benzene ring substituents is 1. The number of hydrogen-bond acceptors (Lipinski definition) is 3. The maximum atomic E-state index is 10.8. The van der Waals surface area contributed by atoms with Crippen molar-refractivity contribution < 1.29 is 10.0 Å². The van der Waals surface area contributed by atoms with Gasteiger partial charge in [0.1, 0.15) is 5.75 Å². The zero-order chi connectivity index (χ0) is 20.3. The topological polar surface area (TPSA) is 63.4 Å². The maximum absolute atomic E-state index is 10.8. The Bertz CT molecular complexity index is 996. The lowest BCUT2D eigenvalue weighted by Crippen LogP contribution is -2.00. The third-order valence-electron chi connectivity index (χ3n) is 4.89. The summed E-state index contributed by atoms with van der Waals surface area (Å²) in [7, 11) is 0. The van der Waals surface area contributed by atoms with Crippen LogP contribution in [-0.4, -0.2) is 10.0 Å². The van der Waals surface area contributed by atoms with E-state index in [0.29, 0.717) is 5.75 Å². The van der Waals surface area contributed by atoms with E-state index in [0.717, 1.165) is 27.8 Å². The van der Waals surface area contributed by atoms with E-state index >= 15 is 0 Å². The number of aromatic hydroxyl groups is 1. The van der Waals surface area contributed by atoms with E-state index in [1.54, 1.807) is 12.1 Å². The highest BCUT2D eigenvalue weighted by Crippen LogP contribution is 2.32. The SMILES string of the molecule is Cc1ccc(C(/C=C/c2ccc([N+](=O)[O-])cc2)c2cc(C)c(O)c(C)c2)cc1. The standard InChI is InChI=1S/C24H23NO3/c1-16-4-9-20(10-5-16)23(21-14-17(2)24(26)18(3)15-21)13-8-19-6-11-22(12-7-19)25(27)28/h4-15,23,26H,1-3H3/b13-8+. The number of nitro groups is 1. The molecule has 4 nitrogen and oxygen atoms in total. The summed E-state index contributed by atoms with van der Waals surface area (Å²) in [5.74, 6) is 0.333. The first-order chi connectivity index (χ1) is 13.3. The third-order valence-corrected chi connectivity index (χ3v) is 4.89. The molecule has 0 bridgehead atoms. The number of aryl methyl sites for hydroxylation is 3. The number of hydrogen-bond donors (Lipinski definition) is 1. The van der Waals surface area contributed by atoms with Gasteiger partial charge in [0.25, 0.3) is 5.69 Å². The summed E-state index contributed by atoms with van der Waals surface area (Å²) in [6.07, 6.45) is 4.07. The van der Waals surface area contributed by atoms with Crippen molar-refractivity contribution in [3.8, 4) is 5.75 Å². The van der Waals surface area contributed by atoms with Gasteiger partial charge in [-0.3, -0.25) is 10.1 Å². The number of phenolic OH excluding ortho intramolecular Hbond substituents is 1. The summed E-state index contributed by atoms with van der Waals surface area (Å²) in [4.78, 5) is 10.4. The smallest absolute Gasteiger partial charge is 0.269 e. The van der Waals surface area contributed by atoms with Gasteiger partial charge in [0, 0.05) is 18.1 Å². The van der Waals surface area contributed by atoms with Crippen molar-refractivity contribution >= 4 is 11.8 Å². The molecule has 0 aliphatic heterocycles. The summed E-state index contributed by atoms with van der Waals surface area (Å²) in [6.45, 7) is 5.86. The summed E-state index contributed by atoms with van der Waals surface area (Å²) in [5.41, 5.74) is 6.10. The Morgan fingerprint density at radius 2 is 1.46 bits per heavy atom. The second kappa shape index (κ2) is 8.09. The number of phenols is 1. The fourth-order valence-electron chi connectivity index (χ4n) is 3.27. The highest BCUT2D eigenvalue weighted by Gasteiger charge is 2.14. The lowest BCUT2D eigenvalue weighted by atomic mass is 9.88. The van der Waals surface area contributed by atoms with Gasteiger partial charge >= 0.3 is 0 Å². The van der Waals surface area contributed by atoms with Crippen LogP contribution in [0.1, 0.15) is 39.3 Å². The number of nitrogens with zero attached hydrogens (tertiary/aromatic N) is 1. The molecule has 0 saturated carbocycles. The van der Waals surface area contributed by atoms with Crippen LogP contribution >= 0.6 is 0 Å². The molecule has 0 saturated heterocycles.